The van der Waals surface area contributed by atoms with Crippen LogP contribution < -0.4 is 5.32 Å². The number of amides is 2. The lowest BCUT2D eigenvalue weighted by molar-refractivity contribution is 0.160. The molecule has 27 heavy (non-hydrogen) atoms. The lowest BCUT2D eigenvalue weighted by Crippen LogP contribution is -2.41. The number of nitrogens with one attached hydrogen (secondary N) is 2. The van der Waals surface area contributed by atoms with E-state index in [1.807, 2.05) is 30.3 Å². The fraction of sp³-hybridized carbons (Fsp3) is 0.238. The number of aromatic amines is 1. The molecule has 2 amide bonds. The Bertz CT molecular complexity index is 925. The second-order valence-corrected chi connectivity index (χ2v) is 6.66. The van der Waals surface area contributed by atoms with E-state index in [1.54, 1.807) is 29.3 Å². The summed E-state index contributed by atoms with van der Waals surface area (Å²) in [5, 5.41) is 2.69. The number of aromatic nitrogens is 2. The largest absolute Gasteiger partial charge is 0.340 e. The number of rotatable bonds is 3. The highest BCUT2D eigenvalue weighted by Gasteiger charge is 2.30. The maximum atomic E-state index is 13.9. The summed E-state index contributed by atoms with van der Waals surface area (Å²) in [6.45, 7) is 0.617. The van der Waals surface area contributed by atoms with Gasteiger partial charge >= 0.3 is 6.03 Å². The molecule has 1 saturated heterocycles. The van der Waals surface area contributed by atoms with E-state index in [0.717, 1.165) is 36.3 Å². The highest BCUT2D eigenvalue weighted by Crippen LogP contribution is 2.31. The summed E-state index contributed by atoms with van der Waals surface area (Å²) < 4.78 is 13.9. The number of hydrogen-bond donors (Lipinski definition) is 2. The molecule has 1 aliphatic heterocycles. The number of anilines is 1. The average molecular weight is 364 g/mol. The first-order valence-electron chi connectivity index (χ1n) is 9.15. The minimum Gasteiger partial charge on any atom is -0.340 e. The number of hydrogen-bond acceptors (Lipinski definition) is 2. The van der Waals surface area contributed by atoms with Crippen molar-refractivity contribution in [3.05, 3.63) is 72.4 Å². The van der Waals surface area contributed by atoms with Crippen LogP contribution in [0, 0.1) is 5.82 Å². The first kappa shape index (κ1) is 17.3. The lowest BCUT2D eigenvalue weighted by Gasteiger charge is -2.34. The number of carbonyl (C=O) groups is 1. The standard InChI is InChI=1S/C21H21FN4O/c22-16-10-4-5-11-17(16)25-21(27)26-13-7-6-12-19(26)20-23-14-18(24-20)15-8-2-1-3-9-15/h1-5,8-11,14,19H,6-7,12-13H2,(H,23,24)(H,25,27)/t19-/m1/s1. The Balaban J connectivity index is 1.55. The van der Waals surface area contributed by atoms with Crippen molar-refractivity contribution < 1.29 is 9.18 Å². The van der Waals surface area contributed by atoms with Crippen molar-refractivity contribution >= 4 is 11.7 Å². The predicted molar refractivity (Wildman–Crippen MR) is 103 cm³/mol. The lowest BCUT2D eigenvalue weighted by atomic mass is 10.0. The van der Waals surface area contributed by atoms with Gasteiger partial charge in [-0.2, -0.15) is 0 Å². The molecule has 138 valence electrons. The molecule has 1 aliphatic rings. The molecule has 0 unspecified atom stereocenters. The number of piperidine rings is 1. The monoisotopic (exact) mass is 364 g/mol. The van der Waals surface area contributed by atoms with Crippen molar-refractivity contribution in [2.75, 3.05) is 11.9 Å². The number of likely N-dealkylation sites (tertiary alicyclic amines) is 1. The van der Waals surface area contributed by atoms with Gasteiger partial charge in [0.25, 0.3) is 0 Å². The fourth-order valence-corrected chi connectivity index (χ4v) is 3.48. The van der Waals surface area contributed by atoms with Crippen molar-refractivity contribution in [2.45, 2.75) is 25.3 Å². The predicted octanol–water partition coefficient (Wildman–Crippen LogP) is 4.97. The van der Waals surface area contributed by atoms with Crippen molar-refractivity contribution in [3.63, 3.8) is 0 Å². The first-order chi connectivity index (χ1) is 13.2. The summed E-state index contributed by atoms with van der Waals surface area (Å²) in [5.74, 6) is 0.320. The van der Waals surface area contributed by atoms with Gasteiger partial charge in [0.1, 0.15) is 11.6 Å². The van der Waals surface area contributed by atoms with E-state index in [-0.39, 0.29) is 17.8 Å². The number of para-hydroxylation sites is 1. The van der Waals surface area contributed by atoms with Crippen molar-refractivity contribution in [1.82, 2.24) is 14.9 Å². The minimum absolute atomic E-state index is 0.150. The number of halogens is 1. The van der Waals surface area contributed by atoms with Crippen LogP contribution in [0.4, 0.5) is 14.9 Å². The molecule has 3 aromatic rings. The SMILES string of the molecule is O=C(Nc1ccccc1F)N1CCCC[C@@H]1c1ncc(-c2ccccc2)[nH]1. The Kier molecular flexibility index (Phi) is 4.87. The maximum Gasteiger partial charge on any atom is 0.322 e. The Hall–Kier alpha value is -3.15. The summed E-state index contributed by atoms with van der Waals surface area (Å²) >= 11 is 0. The fourth-order valence-electron chi connectivity index (χ4n) is 3.48. The van der Waals surface area contributed by atoms with Gasteiger partial charge in [0.05, 0.1) is 23.6 Å². The van der Waals surface area contributed by atoms with Crippen molar-refractivity contribution in [2.24, 2.45) is 0 Å². The highest BCUT2D eigenvalue weighted by molar-refractivity contribution is 5.89. The molecule has 1 atom stereocenters. The minimum atomic E-state index is -0.441. The number of carbonyl (C=O) groups excluding carboxylic acids is 1. The van der Waals surface area contributed by atoms with Crippen LogP contribution in [-0.2, 0) is 0 Å². The third-order valence-corrected chi connectivity index (χ3v) is 4.88. The van der Waals surface area contributed by atoms with Gasteiger partial charge in [0.15, 0.2) is 0 Å². The zero-order chi connectivity index (χ0) is 18.6. The Morgan fingerprint density at radius 3 is 2.70 bits per heavy atom. The molecule has 5 nitrogen and oxygen atoms in total. The Morgan fingerprint density at radius 1 is 1.11 bits per heavy atom. The van der Waals surface area contributed by atoms with Crippen LogP contribution in [0.2, 0.25) is 0 Å². The molecule has 2 N–H and O–H groups in total. The highest BCUT2D eigenvalue weighted by atomic mass is 19.1. The van der Waals surface area contributed by atoms with Crippen LogP contribution in [0.1, 0.15) is 31.1 Å². The maximum absolute atomic E-state index is 13.9. The van der Waals surface area contributed by atoms with Crippen LogP contribution in [0.5, 0.6) is 0 Å². The second-order valence-electron chi connectivity index (χ2n) is 6.66. The average Bonchev–Trinajstić information content (AvgIpc) is 3.20. The zero-order valence-electron chi connectivity index (χ0n) is 14.9. The first-order valence-corrected chi connectivity index (χ1v) is 9.15. The summed E-state index contributed by atoms with van der Waals surface area (Å²) in [6.07, 6.45) is 4.57. The molecule has 0 bridgehead atoms. The zero-order valence-corrected chi connectivity index (χ0v) is 14.9. The van der Waals surface area contributed by atoms with Gasteiger partial charge < -0.3 is 15.2 Å². The van der Waals surface area contributed by atoms with Crippen LogP contribution in [0.25, 0.3) is 11.3 Å². The smallest absolute Gasteiger partial charge is 0.322 e. The molecule has 1 aromatic heterocycles. The molecule has 2 heterocycles. The third kappa shape index (κ3) is 3.69. The molecule has 4 rings (SSSR count). The van der Waals surface area contributed by atoms with Gasteiger partial charge in [0, 0.05) is 6.54 Å². The topological polar surface area (TPSA) is 61.0 Å². The van der Waals surface area contributed by atoms with Crippen LogP contribution >= 0.6 is 0 Å². The van der Waals surface area contributed by atoms with Crippen LogP contribution in [0.15, 0.2) is 60.8 Å². The van der Waals surface area contributed by atoms with E-state index in [1.165, 1.54) is 6.07 Å². The van der Waals surface area contributed by atoms with Crippen LogP contribution in [0.3, 0.4) is 0 Å². The number of benzene rings is 2. The van der Waals surface area contributed by atoms with Gasteiger partial charge in [-0.1, -0.05) is 42.5 Å². The molecule has 2 aromatic carbocycles. The summed E-state index contributed by atoms with van der Waals surface area (Å²) in [6, 6.07) is 15.7. The van der Waals surface area contributed by atoms with Gasteiger partial charge in [0.2, 0.25) is 0 Å². The van der Waals surface area contributed by atoms with E-state index < -0.39 is 5.82 Å². The molecule has 0 aliphatic carbocycles. The van der Waals surface area contributed by atoms with E-state index in [9.17, 15) is 9.18 Å². The number of imidazole rings is 1. The molecular formula is C21H21FN4O. The quantitative estimate of drug-likeness (QED) is 0.689. The summed E-state index contributed by atoms with van der Waals surface area (Å²) in [7, 11) is 0. The van der Waals surface area contributed by atoms with E-state index in [0.29, 0.717) is 6.54 Å². The Morgan fingerprint density at radius 2 is 1.89 bits per heavy atom. The molecule has 6 heteroatoms. The van der Waals surface area contributed by atoms with Gasteiger partial charge in [-0.15, -0.1) is 0 Å². The molecule has 0 saturated carbocycles. The van der Waals surface area contributed by atoms with Gasteiger partial charge in [-0.25, -0.2) is 14.2 Å². The summed E-state index contributed by atoms with van der Waals surface area (Å²) in [5.41, 5.74) is 2.16. The van der Waals surface area contributed by atoms with Gasteiger partial charge in [-0.05, 0) is 37.0 Å². The van der Waals surface area contributed by atoms with E-state index in [4.69, 9.17) is 0 Å². The molecular weight excluding hydrogens is 343 g/mol. The number of urea groups is 1. The molecule has 1 fully saturated rings. The molecule has 0 spiro atoms. The van der Waals surface area contributed by atoms with Gasteiger partial charge in [-0.3, -0.25) is 0 Å². The van der Waals surface area contributed by atoms with E-state index >= 15 is 0 Å². The third-order valence-electron chi connectivity index (χ3n) is 4.88. The molecule has 0 radical (unpaired) electrons. The van der Waals surface area contributed by atoms with Crippen molar-refractivity contribution in [3.8, 4) is 11.3 Å². The Labute approximate surface area is 157 Å². The number of H-pyrrole nitrogens is 1. The normalized spacial score (nSPS) is 16.9. The van der Waals surface area contributed by atoms with Crippen LogP contribution in [-0.4, -0.2) is 27.4 Å². The summed E-state index contributed by atoms with van der Waals surface area (Å²) in [4.78, 5) is 22.4. The van der Waals surface area contributed by atoms with Crippen molar-refractivity contribution in [1.29, 1.82) is 0 Å². The second kappa shape index (κ2) is 7.61. The van der Waals surface area contributed by atoms with E-state index in [2.05, 4.69) is 15.3 Å². The number of nitrogens with zero attached hydrogens (tertiary/aromatic N) is 2.